The van der Waals surface area contributed by atoms with E-state index in [1.807, 2.05) is 37.2 Å². The van der Waals surface area contributed by atoms with Crippen LogP contribution in [0.4, 0.5) is 24.5 Å². The average molecular weight is 469 g/mol. The van der Waals surface area contributed by atoms with Gasteiger partial charge in [-0.25, -0.2) is 13.2 Å². The monoisotopic (exact) mass is 468 g/mol. The quantitative estimate of drug-likeness (QED) is 0.579. The fourth-order valence-electron chi connectivity index (χ4n) is 5.16. The van der Waals surface area contributed by atoms with Crippen LogP contribution in [0.3, 0.4) is 0 Å². The lowest BCUT2D eigenvalue weighted by Crippen LogP contribution is -2.40. The van der Waals surface area contributed by atoms with E-state index in [9.17, 15) is 18.0 Å². The molecule has 2 aliphatic rings. The van der Waals surface area contributed by atoms with Crippen molar-refractivity contribution >= 4 is 28.2 Å². The summed E-state index contributed by atoms with van der Waals surface area (Å²) < 4.78 is 42.3. The molecule has 178 valence electrons. The van der Waals surface area contributed by atoms with Gasteiger partial charge in [0.05, 0.1) is 28.5 Å². The lowest BCUT2D eigenvalue weighted by molar-refractivity contribution is -0.0221. The Kier molecular flexibility index (Phi) is 5.62. The Balaban J connectivity index is 1.52. The van der Waals surface area contributed by atoms with Gasteiger partial charge in [-0.05, 0) is 36.1 Å². The van der Waals surface area contributed by atoms with Crippen molar-refractivity contribution in [2.75, 3.05) is 37.0 Å². The van der Waals surface area contributed by atoms with Crippen molar-refractivity contribution in [3.05, 3.63) is 65.1 Å². The Morgan fingerprint density at radius 1 is 1.15 bits per heavy atom. The molecular formula is C26H27F3N4O. The molecule has 1 saturated heterocycles. The van der Waals surface area contributed by atoms with E-state index in [-0.39, 0.29) is 43.6 Å². The first-order valence-corrected chi connectivity index (χ1v) is 11.5. The molecule has 2 aromatic carbocycles. The van der Waals surface area contributed by atoms with E-state index in [1.54, 1.807) is 11.0 Å². The van der Waals surface area contributed by atoms with Gasteiger partial charge in [0.1, 0.15) is 5.82 Å². The number of hydrogen-bond acceptors (Lipinski definition) is 4. The predicted molar refractivity (Wildman–Crippen MR) is 127 cm³/mol. The number of nitrogens with zero attached hydrogens (tertiary/aromatic N) is 3. The predicted octanol–water partition coefficient (Wildman–Crippen LogP) is 5.09. The molecule has 1 amide bonds. The third-order valence-corrected chi connectivity index (χ3v) is 6.88. The maximum Gasteiger partial charge on any atom is 0.255 e. The van der Waals surface area contributed by atoms with E-state index < -0.39 is 11.7 Å². The molecular weight excluding hydrogens is 441 g/mol. The number of carbonyl (C=O) groups is 1. The van der Waals surface area contributed by atoms with Crippen LogP contribution in [0.5, 0.6) is 0 Å². The summed E-state index contributed by atoms with van der Waals surface area (Å²) >= 11 is 0. The molecule has 5 nitrogen and oxygen atoms in total. The molecule has 0 bridgehead atoms. The minimum Gasteiger partial charge on any atom is -0.376 e. The van der Waals surface area contributed by atoms with E-state index in [1.165, 1.54) is 17.8 Å². The highest BCUT2D eigenvalue weighted by Gasteiger charge is 2.36. The number of alkyl halides is 2. The number of carbonyl (C=O) groups excluding carboxylic acids is 1. The van der Waals surface area contributed by atoms with Gasteiger partial charge in [0.2, 0.25) is 0 Å². The summed E-state index contributed by atoms with van der Waals surface area (Å²) in [4.78, 5) is 21.3. The van der Waals surface area contributed by atoms with Crippen molar-refractivity contribution in [2.45, 2.75) is 37.6 Å². The van der Waals surface area contributed by atoms with E-state index >= 15 is 0 Å². The molecule has 34 heavy (non-hydrogen) atoms. The second-order valence-corrected chi connectivity index (χ2v) is 9.31. The molecule has 1 aliphatic carbocycles. The maximum absolute atomic E-state index is 14.9. The van der Waals surface area contributed by atoms with Crippen molar-refractivity contribution in [3.8, 4) is 0 Å². The zero-order valence-electron chi connectivity index (χ0n) is 19.2. The molecule has 1 aromatic heterocycles. The number of pyridine rings is 1. The van der Waals surface area contributed by atoms with Gasteiger partial charge in [-0.15, -0.1) is 0 Å². The number of nitrogens with one attached hydrogen (secondary N) is 1. The van der Waals surface area contributed by atoms with Gasteiger partial charge >= 0.3 is 0 Å². The Morgan fingerprint density at radius 3 is 2.62 bits per heavy atom. The molecule has 5 rings (SSSR count). The number of anilines is 2. The van der Waals surface area contributed by atoms with Gasteiger partial charge in [-0.1, -0.05) is 24.3 Å². The molecule has 1 N–H and O–H groups in total. The standard InChI is InChI=1S/C26H27F3N4O/c1-32(2)23-18-8-9-20(27)24(33-13-11-26(28,29)12-14-33)22(18)30-15-19(23)25(34)31-21-10-7-16-5-3-4-6-17(16)21/h3-6,8-9,15,21H,7,10-14H2,1-2H3,(H,31,34)/t21-/m0/s1. The van der Waals surface area contributed by atoms with Gasteiger partial charge in [0.15, 0.2) is 0 Å². The van der Waals surface area contributed by atoms with Crippen molar-refractivity contribution in [1.29, 1.82) is 0 Å². The Hall–Kier alpha value is -3.29. The van der Waals surface area contributed by atoms with Crippen LogP contribution in [0, 0.1) is 5.82 Å². The second kappa shape index (κ2) is 8.49. The number of fused-ring (bicyclic) bond motifs is 2. The van der Waals surface area contributed by atoms with Crippen molar-refractivity contribution in [1.82, 2.24) is 10.3 Å². The summed E-state index contributed by atoms with van der Waals surface area (Å²) in [7, 11) is 3.64. The normalized spacial score (nSPS) is 19.2. The number of piperidine rings is 1. The van der Waals surface area contributed by atoms with Crippen molar-refractivity contribution in [2.24, 2.45) is 0 Å². The molecule has 2 heterocycles. The fourth-order valence-corrected chi connectivity index (χ4v) is 5.16. The molecule has 0 saturated carbocycles. The lowest BCUT2D eigenvalue weighted by Gasteiger charge is -2.34. The summed E-state index contributed by atoms with van der Waals surface area (Å²) in [6.45, 7) is 0.0939. The zero-order chi connectivity index (χ0) is 24.0. The first kappa shape index (κ1) is 22.5. The molecule has 1 aliphatic heterocycles. The van der Waals surface area contributed by atoms with Gasteiger partial charge in [-0.3, -0.25) is 9.78 Å². The van der Waals surface area contributed by atoms with Gasteiger partial charge in [0, 0.05) is 51.6 Å². The number of rotatable bonds is 4. The molecule has 1 fully saturated rings. The van der Waals surface area contributed by atoms with Crippen LogP contribution in [0.15, 0.2) is 42.6 Å². The third kappa shape index (κ3) is 3.95. The van der Waals surface area contributed by atoms with Crippen LogP contribution in [0.2, 0.25) is 0 Å². The highest BCUT2D eigenvalue weighted by molar-refractivity contribution is 6.09. The average Bonchev–Trinajstić information content (AvgIpc) is 3.21. The SMILES string of the molecule is CN(C)c1c(C(=O)N[C@H]2CCc3ccccc32)cnc2c(N3CCC(F)(F)CC3)c(F)ccc12. The Morgan fingerprint density at radius 2 is 1.88 bits per heavy atom. The van der Waals surface area contributed by atoms with Gasteiger partial charge < -0.3 is 15.1 Å². The first-order valence-electron chi connectivity index (χ1n) is 11.5. The van der Waals surface area contributed by atoms with E-state index in [4.69, 9.17) is 0 Å². The van der Waals surface area contributed by atoms with E-state index in [0.29, 0.717) is 22.2 Å². The molecule has 0 spiro atoms. The second-order valence-electron chi connectivity index (χ2n) is 9.31. The molecule has 8 heteroatoms. The van der Waals surface area contributed by atoms with Gasteiger partial charge in [0.25, 0.3) is 11.8 Å². The summed E-state index contributed by atoms with van der Waals surface area (Å²) in [6, 6.07) is 10.9. The number of hydrogen-bond donors (Lipinski definition) is 1. The smallest absolute Gasteiger partial charge is 0.255 e. The Labute approximate surface area is 196 Å². The number of amides is 1. The number of aryl methyl sites for hydroxylation is 1. The fraction of sp³-hybridized carbons (Fsp3) is 0.385. The van der Waals surface area contributed by atoms with Crippen LogP contribution >= 0.6 is 0 Å². The number of benzene rings is 2. The summed E-state index contributed by atoms with van der Waals surface area (Å²) in [6.07, 6.45) is 2.56. The Bertz CT molecular complexity index is 1250. The highest BCUT2D eigenvalue weighted by Crippen LogP contribution is 2.39. The minimum absolute atomic E-state index is 0.0470. The number of halogens is 3. The summed E-state index contributed by atoms with van der Waals surface area (Å²) in [5.74, 6) is -3.48. The summed E-state index contributed by atoms with van der Waals surface area (Å²) in [5.41, 5.74) is 3.97. The van der Waals surface area contributed by atoms with Crippen molar-refractivity contribution in [3.63, 3.8) is 0 Å². The maximum atomic E-state index is 14.9. The van der Waals surface area contributed by atoms with Crippen LogP contribution in [0.1, 0.15) is 46.8 Å². The first-order chi connectivity index (χ1) is 16.2. The largest absolute Gasteiger partial charge is 0.376 e. The van der Waals surface area contributed by atoms with Crippen LogP contribution < -0.4 is 15.1 Å². The van der Waals surface area contributed by atoms with Crippen molar-refractivity contribution < 1.29 is 18.0 Å². The van der Waals surface area contributed by atoms with Crippen LogP contribution in [-0.2, 0) is 6.42 Å². The lowest BCUT2D eigenvalue weighted by atomic mass is 10.0. The third-order valence-electron chi connectivity index (χ3n) is 6.88. The summed E-state index contributed by atoms with van der Waals surface area (Å²) in [5, 5.41) is 3.75. The highest BCUT2D eigenvalue weighted by atomic mass is 19.3. The molecule has 3 aromatic rings. The van der Waals surface area contributed by atoms with Crippen LogP contribution in [-0.4, -0.2) is 44.0 Å². The van der Waals surface area contributed by atoms with Crippen LogP contribution in [0.25, 0.3) is 10.9 Å². The number of aromatic nitrogens is 1. The molecule has 0 unspecified atom stereocenters. The zero-order valence-corrected chi connectivity index (χ0v) is 19.2. The van der Waals surface area contributed by atoms with Gasteiger partial charge in [-0.2, -0.15) is 0 Å². The minimum atomic E-state index is -2.73. The topological polar surface area (TPSA) is 48.5 Å². The molecule has 1 atom stereocenters. The van der Waals surface area contributed by atoms with E-state index in [0.717, 1.165) is 18.4 Å². The molecule has 0 radical (unpaired) electrons. The van der Waals surface area contributed by atoms with E-state index in [2.05, 4.69) is 16.4 Å².